The summed E-state index contributed by atoms with van der Waals surface area (Å²) in [5, 5.41) is 11.6. The Kier molecular flexibility index (Phi) is 9.65. The number of hydrogen-bond acceptors (Lipinski definition) is 7. The molecule has 4 N–H and O–H groups in total. The Labute approximate surface area is 191 Å². The molecular weight excluding hydrogens is 445 g/mol. The van der Waals surface area contributed by atoms with E-state index in [0.29, 0.717) is 28.3 Å². The topological polar surface area (TPSA) is 130 Å². The first kappa shape index (κ1) is 25.6. The number of rotatable bonds is 7. The van der Waals surface area contributed by atoms with E-state index in [4.69, 9.17) is 25.6 Å². The van der Waals surface area contributed by atoms with Crippen LogP contribution in [-0.4, -0.2) is 38.2 Å². The molecule has 3 aromatic rings. The first-order valence-corrected chi connectivity index (χ1v) is 8.57. The number of oxime groups is 2. The van der Waals surface area contributed by atoms with Crippen LogP contribution in [0, 0.1) is 0 Å². The second-order valence-electron chi connectivity index (χ2n) is 5.89. The van der Waals surface area contributed by atoms with Crippen LogP contribution in [0.25, 0.3) is 22.6 Å². The van der Waals surface area contributed by atoms with E-state index in [1.165, 1.54) is 14.2 Å². The van der Waals surface area contributed by atoms with Gasteiger partial charge in [0.25, 0.3) is 0 Å². The first-order chi connectivity index (χ1) is 14.1. The van der Waals surface area contributed by atoms with Gasteiger partial charge in [-0.3, -0.25) is 0 Å². The lowest BCUT2D eigenvalue weighted by Crippen LogP contribution is -2.13. The number of hydrogen-bond donors (Lipinski definition) is 2. The van der Waals surface area contributed by atoms with E-state index in [0.717, 1.165) is 11.1 Å². The molecule has 0 atom stereocenters. The van der Waals surface area contributed by atoms with Gasteiger partial charge in [0.1, 0.15) is 25.7 Å². The zero-order valence-corrected chi connectivity index (χ0v) is 18.7. The van der Waals surface area contributed by atoms with Crippen molar-refractivity contribution in [3.8, 4) is 28.3 Å². The summed E-state index contributed by atoms with van der Waals surface area (Å²) in [6, 6.07) is 14.5. The average molecular weight is 468 g/mol. The summed E-state index contributed by atoms with van der Waals surface area (Å²) in [4.78, 5) is 9.42. The van der Waals surface area contributed by atoms with E-state index in [1.807, 2.05) is 36.4 Å². The van der Waals surface area contributed by atoms with Crippen molar-refractivity contribution in [2.75, 3.05) is 21.3 Å². The van der Waals surface area contributed by atoms with Crippen molar-refractivity contribution in [2.24, 2.45) is 21.8 Å². The highest BCUT2D eigenvalue weighted by Crippen LogP contribution is 2.33. The van der Waals surface area contributed by atoms with Crippen LogP contribution in [-0.2, 0) is 9.68 Å². The van der Waals surface area contributed by atoms with Gasteiger partial charge in [-0.15, -0.1) is 24.8 Å². The molecule has 0 aliphatic carbocycles. The van der Waals surface area contributed by atoms with Gasteiger partial charge in [-0.1, -0.05) is 39.7 Å². The Morgan fingerprint density at radius 2 is 1.42 bits per heavy atom. The van der Waals surface area contributed by atoms with Gasteiger partial charge in [0.05, 0.1) is 7.11 Å². The number of ether oxygens (including phenoxy) is 1. The molecule has 0 radical (unpaired) electrons. The van der Waals surface area contributed by atoms with E-state index in [9.17, 15) is 0 Å². The van der Waals surface area contributed by atoms with Gasteiger partial charge in [-0.2, -0.15) is 0 Å². The number of amidine groups is 2. The highest BCUT2D eigenvalue weighted by molar-refractivity contribution is 5.99. The van der Waals surface area contributed by atoms with E-state index < -0.39 is 0 Å². The zero-order chi connectivity index (χ0) is 20.8. The Balaban J connectivity index is 0.00000240. The van der Waals surface area contributed by atoms with Crippen molar-refractivity contribution in [3.63, 3.8) is 0 Å². The van der Waals surface area contributed by atoms with Crippen LogP contribution in [0.5, 0.6) is 5.75 Å². The molecule has 31 heavy (non-hydrogen) atoms. The molecule has 3 rings (SSSR count). The van der Waals surface area contributed by atoms with Gasteiger partial charge in [-0.25, -0.2) is 0 Å². The number of halogens is 2. The Morgan fingerprint density at radius 3 is 2.00 bits per heavy atom. The van der Waals surface area contributed by atoms with Gasteiger partial charge in [-0.05, 0) is 18.2 Å². The quantitative estimate of drug-likeness (QED) is 0.309. The van der Waals surface area contributed by atoms with Crippen molar-refractivity contribution >= 4 is 36.5 Å². The minimum Gasteiger partial charge on any atom is -0.496 e. The number of nitrogens with two attached hydrogens (primary N) is 2. The van der Waals surface area contributed by atoms with Gasteiger partial charge >= 0.3 is 0 Å². The molecule has 0 amide bonds. The molecule has 0 aliphatic rings. The Bertz CT molecular complexity index is 1050. The molecule has 1 heterocycles. The SMILES string of the molecule is CO/N=C(\N)c1ccc(-c2cc(-c3cc(/C(N)=N/OC)ccc3OC)no2)cc1.Cl.Cl. The third-order valence-electron chi connectivity index (χ3n) is 4.13. The number of nitrogens with zero attached hydrogens (tertiary/aromatic N) is 3. The average Bonchev–Trinajstić information content (AvgIpc) is 3.24. The minimum atomic E-state index is 0. The highest BCUT2D eigenvalue weighted by atomic mass is 35.5. The molecule has 9 nitrogen and oxygen atoms in total. The smallest absolute Gasteiger partial charge is 0.170 e. The minimum absolute atomic E-state index is 0. The lowest BCUT2D eigenvalue weighted by atomic mass is 10.0. The molecule has 0 saturated carbocycles. The second kappa shape index (κ2) is 11.7. The standard InChI is InChI=1S/C20H21N5O4.2ClH/c1-26-17-9-8-14(20(22)25-28-3)10-15(17)16-11-18(29-23-16)12-4-6-13(7-5-12)19(21)24-27-2;;/h4-11H,1-3H3,(H2,21,24)(H2,22,25);2*1H. The molecule has 166 valence electrons. The molecule has 1 aromatic heterocycles. The first-order valence-electron chi connectivity index (χ1n) is 8.57. The summed E-state index contributed by atoms with van der Waals surface area (Å²) in [7, 11) is 4.45. The zero-order valence-electron chi connectivity index (χ0n) is 17.1. The van der Waals surface area contributed by atoms with Gasteiger partial charge < -0.3 is 30.4 Å². The van der Waals surface area contributed by atoms with E-state index in [2.05, 4.69) is 20.3 Å². The predicted octanol–water partition coefficient (Wildman–Crippen LogP) is 3.39. The summed E-state index contributed by atoms with van der Waals surface area (Å²) >= 11 is 0. The van der Waals surface area contributed by atoms with Gasteiger partial charge in [0.15, 0.2) is 17.4 Å². The third kappa shape index (κ3) is 5.80. The summed E-state index contributed by atoms with van der Waals surface area (Å²) in [5.41, 5.74) is 15.3. The van der Waals surface area contributed by atoms with Crippen LogP contribution in [0.2, 0.25) is 0 Å². The Morgan fingerprint density at radius 1 is 0.839 bits per heavy atom. The molecule has 0 saturated heterocycles. The second-order valence-corrected chi connectivity index (χ2v) is 5.89. The van der Waals surface area contributed by atoms with Crippen LogP contribution in [0.1, 0.15) is 11.1 Å². The monoisotopic (exact) mass is 467 g/mol. The fraction of sp³-hybridized carbons (Fsp3) is 0.150. The van der Waals surface area contributed by atoms with Crippen LogP contribution in [0.15, 0.2) is 63.4 Å². The van der Waals surface area contributed by atoms with Gasteiger partial charge in [0.2, 0.25) is 0 Å². The third-order valence-corrected chi connectivity index (χ3v) is 4.13. The molecule has 0 aliphatic heterocycles. The molecule has 0 bridgehead atoms. The largest absolute Gasteiger partial charge is 0.496 e. The number of benzene rings is 2. The molecule has 0 spiro atoms. The molecule has 0 fully saturated rings. The summed E-state index contributed by atoms with van der Waals surface area (Å²) in [6.45, 7) is 0. The van der Waals surface area contributed by atoms with Crippen molar-refractivity contribution in [2.45, 2.75) is 0 Å². The lowest BCUT2D eigenvalue weighted by Gasteiger charge is -2.08. The van der Waals surface area contributed by atoms with Crippen molar-refractivity contribution in [1.29, 1.82) is 0 Å². The maximum absolute atomic E-state index is 5.91. The maximum atomic E-state index is 5.91. The lowest BCUT2D eigenvalue weighted by molar-refractivity contribution is 0.213. The fourth-order valence-corrected chi connectivity index (χ4v) is 2.71. The van der Waals surface area contributed by atoms with E-state index >= 15 is 0 Å². The van der Waals surface area contributed by atoms with Crippen LogP contribution in [0.3, 0.4) is 0 Å². The molecule has 11 heteroatoms. The Hall–Kier alpha value is -3.43. The highest BCUT2D eigenvalue weighted by Gasteiger charge is 2.15. The van der Waals surface area contributed by atoms with Gasteiger partial charge in [0, 0.05) is 28.3 Å². The predicted molar refractivity (Wildman–Crippen MR) is 124 cm³/mol. The normalized spacial score (nSPS) is 11.2. The molecular formula is C20H23Cl2N5O4. The number of aromatic nitrogens is 1. The molecule has 0 unspecified atom stereocenters. The van der Waals surface area contributed by atoms with E-state index in [1.54, 1.807) is 19.2 Å². The maximum Gasteiger partial charge on any atom is 0.170 e. The summed E-state index contributed by atoms with van der Waals surface area (Å²) in [5.74, 6) is 1.73. The molecule has 2 aromatic carbocycles. The fourth-order valence-electron chi connectivity index (χ4n) is 2.71. The number of methoxy groups -OCH3 is 1. The van der Waals surface area contributed by atoms with Crippen LogP contribution in [0.4, 0.5) is 0 Å². The van der Waals surface area contributed by atoms with Crippen LogP contribution < -0.4 is 16.2 Å². The summed E-state index contributed by atoms with van der Waals surface area (Å²) < 4.78 is 11.0. The van der Waals surface area contributed by atoms with Crippen molar-refractivity contribution in [1.82, 2.24) is 5.16 Å². The van der Waals surface area contributed by atoms with Crippen LogP contribution >= 0.6 is 24.8 Å². The summed E-state index contributed by atoms with van der Waals surface area (Å²) in [6.07, 6.45) is 0. The van der Waals surface area contributed by atoms with Crippen molar-refractivity contribution in [3.05, 3.63) is 59.7 Å². The van der Waals surface area contributed by atoms with Crippen molar-refractivity contribution < 1.29 is 18.9 Å². The van der Waals surface area contributed by atoms with E-state index in [-0.39, 0.29) is 36.5 Å².